The van der Waals surface area contributed by atoms with Gasteiger partial charge >= 0.3 is 0 Å². The summed E-state index contributed by atoms with van der Waals surface area (Å²) in [5, 5.41) is 3.36. The maximum Gasteiger partial charge on any atom is 0.193 e. The lowest BCUT2D eigenvalue weighted by Crippen LogP contribution is -2.54. The van der Waals surface area contributed by atoms with Crippen molar-refractivity contribution in [3.63, 3.8) is 0 Å². The minimum Gasteiger partial charge on any atom is -0.489 e. The number of rotatable bonds is 5. The van der Waals surface area contributed by atoms with E-state index in [1.807, 2.05) is 6.92 Å². The van der Waals surface area contributed by atoms with Crippen molar-refractivity contribution >= 4 is 5.96 Å². The van der Waals surface area contributed by atoms with Crippen LogP contribution in [-0.2, 0) is 9.47 Å². The zero-order valence-corrected chi connectivity index (χ0v) is 15.5. The highest BCUT2D eigenvalue weighted by Gasteiger charge is 2.32. The highest BCUT2D eigenvalue weighted by Crippen LogP contribution is 2.21. The van der Waals surface area contributed by atoms with Crippen LogP contribution in [0.3, 0.4) is 0 Å². The molecule has 3 rings (SSSR count). The Labute approximate surface area is 154 Å². The number of ether oxygens (including phenoxy) is 3. The lowest BCUT2D eigenvalue weighted by atomic mass is 10.1. The molecule has 0 aromatic heterocycles. The van der Waals surface area contributed by atoms with Crippen molar-refractivity contribution < 1.29 is 18.6 Å². The summed E-state index contributed by atoms with van der Waals surface area (Å²) in [6.07, 6.45) is 2.38. The predicted octanol–water partition coefficient (Wildman–Crippen LogP) is 2.05. The van der Waals surface area contributed by atoms with Gasteiger partial charge in [0.05, 0.1) is 19.3 Å². The number of guanidine groups is 1. The summed E-state index contributed by atoms with van der Waals surface area (Å²) in [6, 6.07) is 6.06. The zero-order chi connectivity index (χ0) is 18.4. The smallest absolute Gasteiger partial charge is 0.193 e. The van der Waals surface area contributed by atoms with E-state index < -0.39 is 0 Å². The van der Waals surface area contributed by atoms with Crippen LogP contribution in [0, 0.1) is 5.82 Å². The third kappa shape index (κ3) is 5.08. The Morgan fingerprint density at radius 1 is 1.31 bits per heavy atom. The van der Waals surface area contributed by atoms with Gasteiger partial charge in [0, 0.05) is 26.7 Å². The SMILES string of the molecule is CN=C(NCC(C)Oc1ccc(F)cc1)N1CCOC(C2CCCO2)C1. The standard InChI is InChI=1S/C19H28FN3O3/c1-14(26-16-7-5-15(20)6-8-16)12-22-19(21-2)23-9-11-25-18(13-23)17-4-3-10-24-17/h5-8,14,17-18H,3-4,9-13H2,1-2H3,(H,21,22). The average molecular weight is 365 g/mol. The summed E-state index contributed by atoms with van der Waals surface area (Å²) in [7, 11) is 1.78. The van der Waals surface area contributed by atoms with Crippen LogP contribution < -0.4 is 10.1 Å². The molecule has 1 aromatic carbocycles. The van der Waals surface area contributed by atoms with Gasteiger partial charge in [0.2, 0.25) is 0 Å². The summed E-state index contributed by atoms with van der Waals surface area (Å²) in [5.74, 6) is 1.23. The normalized spacial score (nSPS) is 25.2. The van der Waals surface area contributed by atoms with Crippen molar-refractivity contribution in [2.75, 3.05) is 39.9 Å². The Morgan fingerprint density at radius 3 is 2.77 bits per heavy atom. The minimum atomic E-state index is -0.267. The molecule has 2 heterocycles. The highest BCUT2D eigenvalue weighted by molar-refractivity contribution is 5.80. The van der Waals surface area contributed by atoms with Crippen LogP contribution >= 0.6 is 0 Å². The van der Waals surface area contributed by atoms with E-state index in [4.69, 9.17) is 14.2 Å². The van der Waals surface area contributed by atoms with Gasteiger partial charge in [-0.15, -0.1) is 0 Å². The first kappa shape index (κ1) is 18.9. The van der Waals surface area contributed by atoms with Crippen molar-refractivity contribution in [3.8, 4) is 5.75 Å². The monoisotopic (exact) mass is 365 g/mol. The molecule has 0 spiro atoms. The van der Waals surface area contributed by atoms with E-state index in [0.29, 0.717) is 18.9 Å². The predicted molar refractivity (Wildman–Crippen MR) is 98.1 cm³/mol. The van der Waals surface area contributed by atoms with E-state index >= 15 is 0 Å². The lowest BCUT2D eigenvalue weighted by Gasteiger charge is -2.37. The number of hydrogen-bond donors (Lipinski definition) is 1. The Morgan fingerprint density at radius 2 is 2.08 bits per heavy atom. The average Bonchev–Trinajstić information content (AvgIpc) is 3.19. The summed E-state index contributed by atoms with van der Waals surface area (Å²) >= 11 is 0. The first-order chi connectivity index (χ1) is 12.7. The summed E-state index contributed by atoms with van der Waals surface area (Å²) in [5.41, 5.74) is 0. The Kier molecular flexibility index (Phi) is 6.68. The fourth-order valence-corrected chi connectivity index (χ4v) is 3.34. The summed E-state index contributed by atoms with van der Waals surface area (Å²) < 4.78 is 30.4. The minimum absolute atomic E-state index is 0.0767. The molecular weight excluding hydrogens is 337 g/mol. The summed E-state index contributed by atoms with van der Waals surface area (Å²) in [4.78, 5) is 6.60. The zero-order valence-electron chi connectivity index (χ0n) is 15.5. The van der Waals surface area contributed by atoms with Crippen LogP contribution in [0.1, 0.15) is 19.8 Å². The highest BCUT2D eigenvalue weighted by atomic mass is 19.1. The van der Waals surface area contributed by atoms with Crippen molar-refractivity contribution in [3.05, 3.63) is 30.1 Å². The number of benzene rings is 1. The second-order valence-corrected chi connectivity index (χ2v) is 6.72. The van der Waals surface area contributed by atoms with E-state index in [1.54, 1.807) is 19.2 Å². The van der Waals surface area contributed by atoms with Crippen molar-refractivity contribution in [2.24, 2.45) is 4.99 Å². The van der Waals surface area contributed by atoms with Gasteiger partial charge in [-0.2, -0.15) is 0 Å². The van der Waals surface area contributed by atoms with Crippen LogP contribution in [-0.4, -0.2) is 69.1 Å². The molecule has 144 valence electrons. The molecule has 1 aromatic rings. The third-order valence-electron chi connectivity index (χ3n) is 4.68. The molecule has 1 N–H and O–H groups in total. The number of morpholine rings is 1. The first-order valence-electron chi connectivity index (χ1n) is 9.26. The van der Waals surface area contributed by atoms with Crippen LogP contribution in [0.2, 0.25) is 0 Å². The number of halogens is 1. The molecule has 3 atom stereocenters. The van der Waals surface area contributed by atoms with E-state index in [-0.39, 0.29) is 24.1 Å². The fourth-order valence-electron chi connectivity index (χ4n) is 3.34. The topological polar surface area (TPSA) is 55.3 Å². The second-order valence-electron chi connectivity index (χ2n) is 6.72. The Bertz CT molecular complexity index is 590. The van der Waals surface area contributed by atoms with E-state index in [0.717, 1.165) is 38.5 Å². The van der Waals surface area contributed by atoms with E-state index in [1.165, 1.54) is 12.1 Å². The molecule has 2 fully saturated rings. The number of aliphatic imine (C=N–C) groups is 1. The number of nitrogens with one attached hydrogen (secondary N) is 1. The van der Waals surface area contributed by atoms with Gasteiger partial charge in [-0.1, -0.05) is 0 Å². The van der Waals surface area contributed by atoms with Crippen molar-refractivity contribution in [2.45, 2.75) is 38.1 Å². The molecular formula is C19H28FN3O3. The quantitative estimate of drug-likeness (QED) is 0.639. The van der Waals surface area contributed by atoms with Gasteiger partial charge in [0.15, 0.2) is 5.96 Å². The maximum atomic E-state index is 13.0. The Hall–Kier alpha value is -1.86. The molecule has 0 radical (unpaired) electrons. The lowest BCUT2D eigenvalue weighted by molar-refractivity contribution is -0.0817. The molecule has 2 aliphatic rings. The Balaban J connectivity index is 1.48. The molecule has 0 aliphatic carbocycles. The maximum absolute atomic E-state index is 13.0. The molecule has 2 aliphatic heterocycles. The van der Waals surface area contributed by atoms with E-state index in [9.17, 15) is 4.39 Å². The molecule has 7 heteroatoms. The number of hydrogen-bond acceptors (Lipinski definition) is 4. The van der Waals surface area contributed by atoms with E-state index in [2.05, 4.69) is 15.2 Å². The van der Waals surface area contributed by atoms with Crippen LogP contribution in [0.5, 0.6) is 5.75 Å². The van der Waals surface area contributed by atoms with Crippen molar-refractivity contribution in [1.29, 1.82) is 0 Å². The molecule has 3 unspecified atom stereocenters. The van der Waals surface area contributed by atoms with Gasteiger partial charge in [-0.3, -0.25) is 4.99 Å². The molecule has 0 saturated carbocycles. The van der Waals surface area contributed by atoms with Gasteiger partial charge in [0.25, 0.3) is 0 Å². The third-order valence-corrected chi connectivity index (χ3v) is 4.68. The van der Waals surface area contributed by atoms with Gasteiger partial charge in [-0.05, 0) is 44.0 Å². The molecule has 26 heavy (non-hydrogen) atoms. The molecule has 0 bridgehead atoms. The number of nitrogens with zero attached hydrogens (tertiary/aromatic N) is 2. The molecule has 6 nitrogen and oxygen atoms in total. The van der Waals surface area contributed by atoms with Crippen LogP contribution in [0.25, 0.3) is 0 Å². The summed E-state index contributed by atoms with van der Waals surface area (Å²) in [6.45, 7) is 5.65. The fraction of sp³-hybridized carbons (Fsp3) is 0.632. The first-order valence-corrected chi connectivity index (χ1v) is 9.26. The van der Waals surface area contributed by atoms with Crippen LogP contribution in [0.15, 0.2) is 29.3 Å². The van der Waals surface area contributed by atoms with Gasteiger partial charge in [0.1, 0.15) is 23.8 Å². The molecule has 0 amide bonds. The largest absolute Gasteiger partial charge is 0.489 e. The van der Waals surface area contributed by atoms with Gasteiger partial charge in [-0.25, -0.2) is 4.39 Å². The van der Waals surface area contributed by atoms with Crippen molar-refractivity contribution in [1.82, 2.24) is 10.2 Å². The molecule has 2 saturated heterocycles. The van der Waals surface area contributed by atoms with Crippen LogP contribution in [0.4, 0.5) is 4.39 Å². The second kappa shape index (κ2) is 9.19. The van der Waals surface area contributed by atoms with Gasteiger partial charge < -0.3 is 24.4 Å².